The first-order valence-corrected chi connectivity index (χ1v) is 12.5. The summed E-state index contributed by atoms with van der Waals surface area (Å²) in [6, 6.07) is 3.99. The van der Waals surface area contributed by atoms with Crippen LogP contribution in [-0.4, -0.2) is 102 Å². The van der Waals surface area contributed by atoms with Crippen LogP contribution in [0.25, 0.3) is 0 Å². The standard InChI is InChI=1S/C25H44N4O5/c1-19(2)9-15-34-23-17-29(20(3)30)13-12-28(16-21-8-7-10-27-25(21)26-4)11-5-6-14-33-18-22(31)24(23)32/h7-8,10,19,22-24,31-32H,5-6,9,11-18H2,1-4H3,(H,26,27)/t22-,23-,24-/m1/s1. The highest BCUT2D eigenvalue weighted by atomic mass is 16.5. The van der Waals surface area contributed by atoms with Gasteiger partial charge in [0.05, 0.1) is 6.61 Å². The molecule has 9 heteroatoms. The number of aliphatic hydroxyl groups is 2. The number of ether oxygens (including phenoxy) is 2. The third-order valence-electron chi connectivity index (χ3n) is 6.16. The van der Waals surface area contributed by atoms with Gasteiger partial charge in [0.15, 0.2) is 0 Å². The van der Waals surface area contributed by atoms with Crippen LogP contribution in [0.3, 0.4) is 0 Å². The summed E-state index contributed by atoms with van der Waals surface area (Å²) in [5.41, 5.74) is 1.10. The number of hydrogen-bond donors (Lipinski definition) is 3. The van der Waals surface area contributed by atoms with Gasteiger partial charge in [-0.2, -0.15) is 0 Å². The van der Waals surface area contributed by atoms with Crippen molar-refractivity contribution in [3.05, 3.63) is 23.9 Å². The fraction of sp³-hybridized carbons (Fsp3) is 0.760. The number of anilines is 1. The number of nitrogens with zero attached hydrogens (tertiary/aromatic N) is 3. The van der Waals surface area contributed by atoms with E-state index in [-0.39, 0.29) is 19.1 Å². The molecule has 1 aromatic heterocycles. The van der Waals surface area contributed by atoms with E-state index in [1.165, 1.54) is 6.92 Å². The molecule has 1 aliphatic rings. The number of aromatic nitrogens is 1. The lowest BCUT2D eigenvalue weighted by molar-refractivity contribution is -0.140. The molecular weight excluding hydrogens is 436 g/mol. The van der Waals surface area contributed by atoms with Crippen LogP contribution in [0.15, 0.2) is 18.3 Å². The highest BCUT2D eigenvalue weighted by Crippen LogP contribution is 2.16. The van der Waals surface area contributed by atoms with Gasteiger partial charge in [-0.15, -0.1) is 0 Å². The maximum Gasteiger partial charge on any atom is 0.219 e. The SMILES string of the molecule is CNc1ncccc1CN1CCCCOC[C@@H](O)[C@@H](O)[C@H](OCCC(C)C)CN(C(C)=O)CC1. The summed E-state index contributed by atoms with van der Waals surface area (Å²) in [6.07, 6.45) is 1.48. The largest absolute Gasteiger partial charge is 0.388 e. The second-order valence-corrected chi connectivity index (χ2v) is 9.43. The van der Waals surface area contributed by atoms with Gasteiger partial charge in [0.2, 0.25) is 5.91 Å². The summed E-state index contributed by atoms with van der Waals surface area (Å²) in [4.78, 5) is 20.9. The van der Waals surface area contributed by atoms with E-state index in [0.29, 0.717) is 38.8 Å². The summed E-state index contributed by atoms with van der Waals surface area (Å²) in [6.45, 7) is 9.73. The third-order valence-corrected chi connectivity index (χ3v) is 6.16. The topological polar surface area (TPSA) is 107 Å². The minimum Gasteiger partial charge on any atom is -0.388 e. The second kappa shape index (κ2) is 15.3. The number of carbonyl (C=O) groups excluding carboxylic acids is 1. The van der Waals surface area contributed by atoms with E-state index in [9.17, 15) is 15.0 Å². The molecule has 0 radical (unpaired) electrons. The molecule has 0 spiro atoms. The molecule has 3 atom stereocenters. The van der Waals surface area contributed by atoms with Gasteiger partial charge < -0.3 is 29.9 Å². The van der Waals surface area contributed by atoms with Crippen LogP contribution in [0.4, 0.5) is 5.82 Å². The van der Waals surface area contributed by atoms with Gasteiger partial charge in [-0.3, -0.25) is 9.69 Å². The van der Waals surface area contributed by atoms with Crippen molar-refractivity contribution in [2.45, 2.75) is 64.9 Å². The molecule has 1 aromatic rings. The lowest BCUT2D eigenvalue weighted by Gasteiger charge is -2.34. The minimum atomic E-state index is -1.14. The molecule has 0 bridgehead atoms. The number of rotatable bonds is 7. The van der Waals surface area contributed by atoms with Gasteiger partial charge in [0.25, 0.3) is 0 Å². The Morgan fingerprint density at radius 3 is 2.79 bits per heavy atom. The second-order valence-electron chi connectivity index (χ2n) is 9.43. The number of hydrogen-bond acceptors (Lipinski definition) is 8. The van der Waals surface area contributed by atoms with Crippen LogP contribution in [0.5, 0.6) is 0 Å². The summed E-state index contributed by atoms with van der Waals surface area (Å²) < 4.78 is 11.6. The number of aliphatic hydroxyl groups excluding tert-OH is 2. The lowest BCUT2D eigenvalue weighted by atomic mass is 10.1. The number of pyridine rings is 1. The zero-order valence-corrected chi connectivity index (χ0v) is 21.3. The predicted octanol–water partition coefficient (Wildman–Crippen LogP) is 1.74. The lowest BCUT2D eigenvalue weighted by Crippen LogP contribution is -2.50. The van der Waals surface area contributed by atoms with Crippen LogP contribution in [0, 0.1) is 5.92 Å². The van der Waals surface area contributed by atoms with Crippen LogP contribution in [0.2, 0.25) is 0 Å². The Morgan fingerprint density at radius 2 is 2.09 bits per heavy atom. The van der Waals surface area contributed by atoms with Crippen molar-refractivity contribution in [1.29, 1.82) is 0 Å². The molecule has 0 unspecified atom stereocenters. The first kappa shape index (κ1) is 28.5. The minimum absolute atomic E-state index is 0.0379. The van der Waals surface area contributed by atoms with Crippen molar-refractivity contribution in [3.63, 3.8) is 0 Å². The van der Waals surface area contributed by atoms with Crippen LogP contribution < -0.4 is 5.32 Å². The summed E-state index contributed by atoms with van der Waals surface area (Å²) in [7, 11) is 1.86. The third kappa shape index (κ3) is 9.84. The molecule has 0 aromatic carbocycles. The smallest absolute Gasteiger partial charge is 0.219 e. The summed E-state index contributed by atoms with van der Waals surface area (Å²) in [5.74, 6) is 1.22. The Morgan fingerprint density at radius 1 is 1.29 bits per heavy atom. The molecule has 34 heavy (non-hydrogen) atoms. The first-order chi connectivity index (χ1) is 16.3. The molecule has 0 saturated carbocycles. The average molecular weight is 481 g/mol. The zero-order valence-electron chi connectivity index (χ0n) is 21.3. The Balaban J connectivity index is 2.15. The van der Waals surface area contributed by atoms with Crippen molar-refractivity contribution in [3.8, 4) is 0 Å². The molecule has 9 nitrogen and oxygen atoms in total. The Kier molecular flexibility index (Phi) is 12.8. The van der Waals surface area contributed by atoms with Gasteiger partial charge in [-0.25, -0.2) is 4.98 Å². The van der Waals surface area contributed by atoms with Gasteiger partial charge in [-0.1, -0.05) is 19.9 Å². The quantitative estimate of drug-likeness (QED) is 0.542. The van der Waals surface area contributed by atoms with E-state index in [4.69, 9.17) is 9.47 Å². The summed E-state index contributed by atoms with van der Waals surface area (Å²) >= 11 is 0. The molecule has 1 saturated heterocycles. The maximum atomic E-state index is 12.5. The van der Waals surface area contributed by atoms with Crippen LogP contribution in [-0.2, 0) is 20.8 Å². The van der Waals surface area contributed by atoms with E-state index in [0.717, 1.165) is 37.2 Å². The number of carbonyl (C=O) groups is 1. The Bertz CT molecular complexity index is 720. The molecule has 2 heterocycles. The Hall–Kier alpha value is -1.78. The van der Waals surface area contributed by atoms with Crippen molar-refractivity contribution < 1.29 is 24.5 Å². The molecule has 0 aliphatic carbocycles. The fourth-order valence-electron chi connectivity index (χ4n) is 3.96. The molecule has 194 valence electrons. The molecule has 1 aliphatic heterocycles. The highest BCUT2D eigenvalue weighted by molar-refractivity contribution is 5.73. The number of amides is 1. The molecule has 3 N–H and O–H groups in total. The van der Waals surface area contributed by atoms with Crippen molar-refractivity contribution in [1.82, 2.24) is 14.8 Å². The van der Waals surface area contributed by atoms with Crippen molar-refractivity contribution in [2.75, 3.05) is 58.4 Å². The van der Waals surface area contributed by atoms with Gasteiger partial charge in [-0.05, 0) is 37.8 Å². The van der Waals surface area contributed by atoms with Crippen molar-refractivity contribution in [2.24, 2.45) is 5.92 Å². The van der Waals surface area contributed by atoms with E-state index >= 15 is 0 Å². The zero-order chi connectivity index (χ0) is 24.9. The predicted molar refractivity (Wildman–Crippen MR) is 133 cm³/mol. The summed E-state index contributed by atoms with van der Waals surface area (Å²) in [5, 5.41) is 24.4. The average Bonchev–Trinajstić information content (AvgIpc) is 2.81. The van der Waals surface area contributed by atoms with Gasteiger partial charge in [0, 0.05) is 65.1 Å². The monoisotopic (exact) mass is 480 g/mol. The van der Waals surface area contributed by atoms with Gasteiger partial charge in [0.1, 0.15) is 24.1 Å². The fourth-order valence-corrected chi connectivity index (χ4v) is 3.96. The first-order valence-electron chi connectivity index (χ1n) is 12.5. The van der Waals surface area contributed by atoms with Crippen LogP contribution >= 0.6 is 0 Å². The van der Waals surface area contributed by atoms with Gasteiger partial charge >= 0.3 is 0 Å². The normalized spacial score (nSPS) is 24.1. The van der Waals surface area contributed by atoms with E-state index < -0.39 is 18.3 Å². The molecule has 1 fully saturated rings. The highest BCUT2D eigenvalue weighted by Gasteiger charge is 2.30. The molecular formula is C25H44N4O5. The Labute approximate surface area is 204 Å². The molecule has 2 rings (SSSR count). The maximum absolute atomic E-state index is 12.5. The van der Waals surface area contributed by atoms with E-state index in [1.807, 2.05) is 13.1 Å². The van der Waals surface area contributed by atoms with Crippen LogP contribution in [0.1, 0.15) is 45.6 Å². The van der Waals surface area contributed by atoms with E-state index in [1.54, 1.807) is 11.1 Å². The van der Waals surface area contributed by atoms with E-state index in [2.05, 4.69) is 35.1 Å². The molecule has 1 amide bonds. The van der Waals surface area contributed by atoms with Crippen molar-refractivity contribution >= 4 is 11.7 Å². The number of nitrogens with one attached hydrogen (secondary N) is 1.